The van der Waals surface area contributed by atoms with E-state index in [0.29, 0.717) is 32.4 Å². The Morgan fingerprint density at radius 1 is 1.09 bits per heavy atom. The van der Waals surface area contributed by atoms with Gasteiger partial charge in [-0.05, 0) is 38.2 Å². The van der Waals surface area contributed by atoms with Crippen LogP contribution in [-0.4, -0.2) is 59.1 Å². The number of nitrogens with one attached hydrogen (secondary N) is 1. The Hall–Kier alpha value is -2.96. The van der Waals surface area contributed by atoms with E-state index in [1.807, 2.05) is 42.5 Å². The SMILES string of the molecule is CCCCNC(=O)[C@H](C)N(CCc1ccccc1)C(=O)CCN1C(=O)[C@H]2CC=CC[C@H]2C1=O. The molecule has 7 nitrogen and oxygen atoms in total. The second-order valence-corrected chi connectivity index (χ2v) is 8.88. The topological polar surface area (TPSA) is 86.8 Å². The van der Waals surface area contributed by atoms with E-state index in [4.69, 9.17) is 0 Å². The van der Waals surface area contributed by atoms with Crippen LogP contribution in [0.15, 0.2) is 42.5 Å². The zero-order chi connectivity index (χ0) is 23.8. The lowest BCUT2D eigenvalue weighted by atomic mass is 9.85. The number of hydrogen-bond acceptors (Lipinski definition) is 4. The van der Waals surface area contributed by atoms with Gasteiger partial charge in [0.15, 0.2) is 0 Å². The molecular weight excluding hydrogens is 418 g/mol. The molecule has 3 atom stereocenters. The number of amides is 4. The average Bonchev–Trinajstić information content (AvgIpc) is 3.08. The van der Waals surface area contributed by atoms with Crippen molar-refractivity contribution in [2.75, 3.05) is 19.6 Å². The normalized spacial score (nSPS) is 20.5. The van der Waals surface area contributed by atoms with Crippen molar-refractivity contribution in [1.82, 2.24) is 15.1 Å². The molecule has 3 rings (SSSR count). The van der Waals surface area contributed by atoms with Crippen molar-refractivity contribution in [3.63, 3.8) is 0 Å². The van der Waals surface area contributed by atoms with Gasteiger partial charge in [-0.1, -0.05) is 55.8 Å². The van der Waals surface area contributed by atoms with E-state index in [-0.39, 0.29) is 48.4 Å². The van der Waals surface area contributed by atoms with Crippen molar-refractivity contribution >= 4 is 23.6 Å². The molecule has 0 bridgehead atoms. The molecule has 1 aliphatic heterocycles. The van der Waals surface area contributed by atoms with Crippen LogP contribution in [0, 0.1) is 11.8 Å². The third kappa shape index (κ3) is 6.09. The number of likely N-dealkylation sites (tertiary alicyclic amines) is 1. The number of benzene rings is 1. The number of imide groups is 1. The van der Waals surface area contributed by atoms with Gasteiger partial charge in [-0.3, -0.25) is 24.1 Å². The fourth-order valence-electron chi connectivity index (χ4n) is 4.55. The molecule has 0 aromatic heterocycles. The highest BCUT2D eigenvalue weighted by Gasteiger charge is 2.47. The molecule has 7 heteroatoms. The third-order valence-corrected chi connectivity index (χ3v) is 6.63. The predicted octanol–water partition coefficient (Wildman–Crippen LogP) is 2.70. The Bertz CT molecular complexity index is 857. The summed E-state index contributed by atoms with van der Waals surface area (Å²) in [5, 5.41) is 2.90. The van der Waals surface area contributed by atoms with E-state index in [9.17, 15) is 19.2 Å². The summed E-state index contributed by atoms with van der Waals surface area (Å²) in [6.07, 6.45) is 7.56. The summed E-state index contributed by atoms with van der Waals surface area (Å²) in [5.74, 6) is -1.36. The average molecular weight is 454 g/mol. The summed E-state index contributed by atoms with van der Waals surface area (Å²) in [6, 6.07) is 9.18. The van der Waals surface area contributed by atoms with Gasteiger partial charge < -0.3 is 10.2 Å². The van der Waals surface area contributed by atoms with Gasteiger partial charge in [-0.2, -0.15) is 0 Å². The van der Waals surface area contributed by atoms with Crippen LogP contribution >= 0.6 is 0 Å². The summed E-state index contributed by atoms with van der Waals surface area (Å²) in [6.45, 7) is 4.82. The van der Waals surface area contributed by atoms with Crippen LogP contribution in [0.2, 0.25) is 0 Å². The highest BCUT2D eigenvalue weighted by molar-refractivity contribution is 6.05. The van der Waals surface area contributed by atoms with Crippen molar-refractivity contribution in [2.24, 2.45) is 11.8 Å². The zero-order valence-corrected chi connectivity index (χ0v) is 19.7. The van der Waals surface area contributed by atoms with Gasteiger partial charge in [-0.15, -0.1) is 0 Å². The number of carbonyl (C=O) groups excluding carboxylic acids is 4. The van der Waals surface area contributed by atoms with Crippen molar-refractivity contribution < 1.29 is 19.2 Å². The van der Waals surface area contributed by atoms with Gasteiger partial charge in [0.25, 0.3) is 0 Å². The molecule has 0 spiro atoms. The first-order valence-electron chi connectivity index (χ1n) is 12.0. The standard InChI is InChI=1S/C26H35N3O4/c1-3-4-16-27-24(31)19(2)28(17-14-20-10-6-5-7-11-20)23(30)15-18-29-25(32)21-12-8-9-13-22(21)26(29)33/h5-11,19,21-22H,3-4,12-18H2,1-2H3,(H,27,31)/t19-,21-,22+/m0/s1. The Kier molecular flexibility index (Phi) is 8.80. The number of unbranched alkanes of at least 4 members (excludes halogenated alkanes) is 1. The minimum absolute atomic E-state index is 0.0196. The Morgan fingerprint density at radius 2 is 1.73 bits per heavy atom. The summed E-state index contributed by atoms with van der Waals surface area (Å²) in [7, 11) is 0. The largest absolute Gasteiger partial charge is 0.354 e. The lowest BCUT2D eigenvalue weighted by Crippen LogP contribution is -2.49. The Balaban J connectivity index is 1.64. The van der Waals surface area contributed by atoms with Crippen molar-refractivity contribution in [1.29, 1.82) is 0 Å². The molecule has 4 amide bonds. The van der Waals surface area contributed by atoms with E-state index in [0.717, 1.165) is 18.4 Å². The maximum atomic E-state index is 13.2. The van der Waals surface area contributed by atoms with Crippen LogP contribution in [-0.2, 0) is 25.6 Å². The van der Waals surface area contributed by atoms with Crippen LogP contribution in [0.1, 0.15) is 51.5 Å². The van der Waals surface area contributed by atoms with Gasteiger partial charge >= 0.3 is 0 Å². The fourth-order valence-corrected chi connectivity index (χ4v) is 4.55. The summed E-state index contributed by atoms with van der Waals surface area (Å²) < 4.78 is 0. The lowest BCUT2D eigenvalue weighted by Gasteiger charge is -2.29. The molecule has 2 aliphatic rings. The van der Waals surface area contributed by atoms with Crippen LogP contribution < -0.4 is 5.32 Å². The van der Waals surface area contributed by atoms with Crippen LogP contribution in [0.25, 0.3) is 0 Å². The monoisotopic (exact) mass is 453 g/mol. The molecule has 1 saturated heterocycles. The number of allylic oxidation sites excluding steroid dienone is 2. The molecule has 1 aromatic rings. The molecule has 178 valence electrons. The highest BCUT2D eigenvalue weighted by Crippen LogP contribution is 2.35. The van der Waals surface area contributed by atoms with Gasteiger partial charge in [0.2, 0.25) is 23.6 Å². The van der Waals surface area contributed by atoms with Crippen molar-refractivity contribution in [2.45, 2.75) is 58.4 Å². The zero-order valence-electron chi connectivity index (χ0n) is 19.7. The lowest BCUT2D eigenvalue weighted by molar-refractivity contribution is -0.143. The molecule has 0 saturated carbocycles. The molecule has 1 N–H and O–H groups in total. The van der Waals surface area contributed by atoms with Crippen molar-refractivity contribution in [3.8, 4) is 0 Å². The van der Waals surface area contributed by atoms with E-state index < -0.39 is 6.04 Å². The molecule has 1 aromatic carbocycles. The Morgan fingerprint density at radius 3 is 2.33 bits per heavy atom. The van der Waals surface area contributed by atoms with E-state index >= 15 is 0 Å². The number of carbonyl (C=O) groups is 4. The number of rotatable bonds is 11. The Labute approximate surface area is 196 Å². The van der Waals surface area contributed by atoms with Gasteiger partial charge in [-0.25, -0.2) is 0 Å². The number of nitrogens with zero attached hydrogens (tertiary/aromatic N) is 2. The molecule has 0 radical (unpaired) electrons. The van der Waals surface area contributed by atoms with Gasteiger partial charge in [0, 0.05) is 26.1 Å². The number of fused-ring (bicyclic) bond motifs is 1. The molecule has 1 heterocycles. The van der Waals surface area contributed by atoms with E-state index in [2.05, 4.69) is 12.2 Å². The summed E-state index contributed by atoms with van der Waals surface area (Å²) in [5.41, 5.74) is 1.08. The fraction of sp³-hybridized carbons (Fsp3) is 0.538. The van der Waals surface area contributed by atoms with E-state index in [1.165, 1.54) is 4.90 Å². The van der Waals surface area contributed by atoms with Crippen molar-refractivity contribution in [3.05, 3.63) is 48.0 Å². The first-order chi connectivity index (χ1) is 15.9. The predicted molar refractivity (Wildman–Crippen MR) is 126 cm³/mol. The maximum absolute atomic E-state index is 13.2. The number of hydrogen-bond donors (Lipinski definition) is 1. The minimum atomic E-state index is -0.630. The first kappa shape index (κ1) is 24.7. The molecule has 1 fully saturated rings. The quantitative estimate of drug-likeness (QED) is 0.317. The maximum Gasteiger partial charge on any atom is 0.242 e. The summed E-state index contributed by atoms with van der Waals surface area (Å²) >= 11 is 0. The van der Waals surface area contributed by atoms with E-state index in [1.54, 1.807) is 11.8 Å². The molecule has 0 unspecified atom stereocenters. The molecular formula is C26H35N3O4. The highest BCUT2D eigenvalue weighted by atomic mass is 16.2. The second-order valence-electron chi connectivity index (χ2n) is 8.88. The van der Waals surface area contributed by atoms with Gasteiger partial charge in [0.1, 0.15) is 6.04 Å². The molecule has 33 heavy (non-hydrogen) atoms. The third-order valence-electron chi connectivity index (χ3n) is 6.63. The first-order valence-corrected chi connectivity index (χ1v) is 12.0. The minimum Gasteiger partial charge on any atom is -0.354 e. The van der Waals surface area contributed by atoms with Gasteiger partial charge in [0.05, 0.1) is 11.8 Å². The molecule has 1 aliphatic carbocycles. The van der Waals surface area contributed by atoms with Crippen LogP contribution in [0.5, 0.6) is 0 Å². The second kappa shape index (κ2) is 11.8. The van der Waals surface area contributed by atoms with Crippen LogP contribution in [0.4, 0.5) is 0 Å². The summed E-state index contributed by atoms with van der Waals surface area (Å²) in [4.78, 5) is 54.1. The van der Waals surface area contributed by atoms with Crippen LogP contribution in [0.3, 0.4) is 0 Å². The smallest absolute Gasteiger partial charge is 0.242 e.